The summed E-state index contributed by atoms with van der Waals surface area (Å²) in [4.78, 5) is 12.6. The number of alkyl halides is 3. The number of esters is 1. The number of nitrogens with two attached hydrogens (primary N) is 1. The van der Waals surface area contributed by atoms with Crippen molar-refractivity contribution in [3.05, 3.63) is 42.0 Å². The molecule has 11 heteroatoms. The maximum Gasteiger partial charge on any atom is 0.573 e. The average molecular weight is 414 g/mol. The normalized spacial score (nSPS) is 15.8. The van der Waals surface area contributed by atoms with Crippen molar-refractivity contribution in [2.75, 3.05) is 29.9 Å². The SMILES string of the molecule is CNc1ccc(C(=O)OC)c(NN2c3ccc(OC(F)(F)F)cc3SC2N)c1. The van der Waals surface area contributed by atoms with E-state index in [1.165, 1.54) is 25.3 Å². The lowest BCUT2D eigenvalue weighted by atomic mass is 10.1. The molecule has 1 aliphatic heterocycles. The predicted molar refractivity (Wildman–Crippen MR) is 100 cm³/mol. The van der Waals surface area contributed by atoms with Crippen LogP contribution < -0.4 is 26.2 Å². The number of hydrogen-bond acceptors (Lipinski definition) is 8. The summed E-state index contributed by atoms with van der Waals surface area (Å²) in [7, 11) is 3.00. The number of hydrazine groups is 1. The van der Waals surface area contributed by atoms with Crippen LogP contribution in [0.5, 0.6) is 5.75 Å². The Hall–Kier alpha value is -2.79. The molecule has 1 heterocycles. The highest BCUT2D eigenvalue weighted by Crippen LogP contribution is 2.44. The molecule has 0 fully saturated rings. The van der Waals surface area contributed by atoms with Crippen molar-refractivity contribution in [3.63, 3.8) is 0 Å². The quantitative estimate of drug-likeness (QED) is 0.640. The van der Waals surface area contributed by atoms with Gasteiger partial charge in [-0.15, -0.1) is 13.2 Å². The molecule has 4 N–H and O–H groups in total. The molecule has 2 aromatic carbocycles. The molecule has 0 bridgehead atoms. The number of anilines is 3. The van der Waals surface area contributed by atoms with Crippen molar-refractivity contribution < 1.29 is 27.4 Å². The summed E-state index contributed by atoms with van der Waals surface area (Å²) in [5, 5.41) is 4.52. The molecule has 2 aromatic rings. The number of thioether (sulfide) groups is 1. The van der Waals surface area contributed by atoms with Crippen molar-refractivity contribution in [1.82, 2.24) is 0 Å². The van der Waals surface area contributed by atoms with Crippen molar-refractivity contribution in [1.29, 1.82) is 0 Å². The molecule has 28 heavy (non-hydrogen) atoms. The van der Waals surface area contributed by atoms with Crippen LogP contribution in [0.2, 0.25) is 0 Å². The van der Waals surface area contributed by atoms with E-state index >= 15 is 0 Å². The van der Waals surface area contributed by atoms with Gasteiger partial charge in [-0.2, -0.15) is 0 Å². The van der Waals surface area contributed by atoms with Crippen molar-refractivity contribution in [3.8, 4) is 5.75 Å². The highest BCUT2D eigenvalue weighted by atomic mass is 32.2. The van der Waals surface area contributed by atoms with Gasteiger partial charge in [0.05, 0.1) is 24.0 Å². The van der Waals surface area contributed by atoms with E-state index < -0.39 is 17.8 Å². The fraction of sp³-hybridized carbons (Fsp3) is 0.235. The molecular weight excluding hydrogens is 397 g/mol. The van der Waals surface area contributed by atoms with Gasteiger partial charge in [0.15, 0.2) is 0 Å². The van der Waals surface area contributed by atoms with Crippen LogP contribution >= 0.6 is 11.8 Å². The second-order valence-corrected chi connectivity index (χ2v) is 6.83. The molecule has 0 amide bonds. The molecule has 0 saturated carbocycles. The molecule has 150 valence electrons. The van der Waals surface area contributed by atoms with Gasteiger partial charge in [0.1, 0.15) is 11.2 Å². The van der Waals surface area contributed by atoms with Crippen molar-refractivity contribution in [2.45, 2.75) is 16.8 Å². The van der Waals surface area contributed by atoms with E-state index in [2.05, 4.69) is 15.5 Å². The molecule has 0 radical (unpaired) electrons. The molecule has 1 unspecified atom stereocenters. The van der Waals surface area contributed by atoms with Gasteiger partial charge in [-0.1, -0.05) is 11.8 Å². The minimum atomic E-state index is -4.78. The fourth-order valence-electron chi connectivity index (χ4n) is 2.64. The molecule has 7 nitrogen and oxygen atoms in total. The fourth-order valence-corrected chi connectivity index (χ4v) is 3.64. The summed E-state index contributed by atoms with van der Waals surface area (Å²) in [6, 6.07) is 8.93. The van der Waals surface area contributed by atoms with E-state index in [-0.39, 0.29) is 11.3 Å². The third-order valence-corrected chi connectivity index (χ3v) is 4.91. The number of benzene rings is 2. The van der Waals surface area contributed by atoms with E-state index in [1.807, 2.05) is 0 Å². The molecule has 0 aromatic heterocycles. The van der Waals surface area contributed by atoms with Gasteiger partial charge >= 0.3 is 12.3 Å². The Morgan fingerprint density at radius 2 is 2.00 bits per heavy atom. The number of rotatable bonds is 5. The molecular formula is C17H17F3N4O3S. The number of carbonyl (C=O) groups excluding carboxylic acids is 1. The van der Waals surface area contributed by atoms with E-state index in [9.17, 15) is 18.0 Å². The molecule has 3 rings (SSSR count). The lowest BCUT2D eigenvalue weighted by Crippen LogP contribution is -2.41. The van der Waals surface area contributed by atoms with Gasteiger partial charge in [-0.25, -0.2) is 4.79 Å². The molecule has 0 saturated heterocycles. The number of carbonyl (C=O) groups is 1. The Labute approximate surface area is 162 Å². The number of nitrogens with one attached hydrogen (secondary N) is 2. The van der Waals surface area contributed by atoms with Crippen LogP contribution in [0, 0.1) is 0 Å². The van der Waals surface area contributed by atoms with Crippen LogP contribution in [0.1, 0.15) is 10.4 Å². The summed E-state index contributed by atoms with van der Waals surface area (Å²) in [6.45, 7) is 0. The third kappa shape index (κ3) is 4.20. The molecule has 0 aliphatic carbocycles. The summed E-state index contributed by atoms with van der Waals surface area (Å²) < 4.78 is 46.0. The summed E-state index contributed by atoms with van der Waals surface area (Å²) >= 11 is 1.15. The highest BCUT2D eigenvalue weighted by Gasteiger charge is 2.33. The zero-order chi connectivity index (χ0) is 20.5. The van der Waals surface area contributed by atoms with Gasteiger partial charge < -0.3 is 20.5 Å². The number of methoxy groups -OCH3 is 1. The first kappa shape index (κ1) is 20.0. The Kier molecular flexibility index (Phi) is 5.47. The van der Waals surface area contributed by atoms with Gasteiger partial charge in [0, 0.05) is 17.6 Å². The average Bonchev–Trinajstić information content (AvgIpc) is 2.94. The molecule has 0 spiro atoms. The number of hydrogen-bond donors (Lipinski definition) is 3. The van der Waals surface area contributed by atoms with Gasteiger partial charge in [-0.3, -0.25) is 10.4 Å². The second-order valence-electron chi connectivity index (χ2n) is 5.67. The van der Waals surface area contributed by atoms with Crippen LogP contribution in [0.4, 0.5) is 30.2 Å². The van der Waals surface area contributed by atoms with Crippen LogP contribution in [0.25, 0.3) is 0 Å². The van der Waals surface area contributed by atoms with E-state index in [4.69, 9.17) is 10.5 Å². The van der Waals surface area contributed by atoms with Crippen LogP contribution in [-0.2, 0) is 4.74 Å². The number of ether oxygens (including phenoxy) is 2. The highest BCUT2D eigenvalue weighted by molar-refractivity contribution is 8.00. The zero-order valence-corrected chi connectivity index (χ0v) is 15.6. The van der Waals surface area contributed by atoms with E-state index in [0.29, 0.717) is 16.3 Å². The predicted octanol–water partition coefficient (Wildman–Crippen LogP) is 3.60. The van der Waals surface area contributed by atoms with E-state index in [1.54, 1.807) is 30.3 Å². The Bertz CT molecular complexity index is 894. The van der Waals surface area contributed by atoms with Crippen LogP contribution in [0.15, 0.2) is 41.3 Å². The standard InChI is InChI=1S/C17H17F3N4O3S/c1-22-9-3-5-11(15(25)26-2)12(7-9)23-24-13-6-4-10(27-17(18,19)20)8-14(13)28-16(24)21/h3-8,16,22-23H,21H2,1-2H3. The summed E-state index contributed by atoms with van der Waals surface area (Å²) in [6.07, 6.45) is -4.78. The Morgan fingerprint density at radius 1 is 1.25 bits per heavy atom. The number of halogens is 3. The second kappa shape index (κ2) is 7.68. The minimum absolute atomic E-state index is 0.282. The topological polar surface area (TPSA) is 88.8 Å². The summed E-state index contributed by atoms with van der Waals surface area (Å²) in [5.74, 6) is -0.875. The third-order valence-electron chi connectivity index (χ3n) is 3.88. The lowest BCUT2D eigenvalue weighted by Gasteiger charge is -2.26. The minimum Gasteiger partial charge on any atom is -0.465 e. The largest absolute Gasteiger partial charge is 0.573 e. The first-order valence-electron chi connectivity index (χ1n) is 8.00. The monoisotopic (exact) mass is 414 g/mol. The van der Waals surface area contributed by atoms with Crippen LogP contribution in [0.3, 0.4) is 0 Å². The van der Waals surface area contributed by atoms with Crippen molar-refractivity contribution in [2.24, 2.45) is 5.73 Å². The number of nitrogens with zero attached hydrogens (tertiary/aromatic N) is 1. The summed E-state index contributed by atoms with van der Waals surface area (Å²) in [5.41, 5.74) is 10.5. The Balaban J connectivity index is 1.92. The van der Waals surface area contributed by atoms with E-state index in [0.717, 1.165) is 17.4 Å². The maximum atomic E-state index is 12.4. The lowest BCUT2D eigenvalue weighted by molar-refractivity contribution is -0.274. The van der Waals surface area contributed by atoms with Crippen LogP contribution in [-0.4, -0.2) is 32.0 Å². The van der Waals surface area contributed by atoms with Gasteiger partial charge in [-0.05, 0) is 36.4 Å². The number of fused-ring (bicyclic) bond motifs is 1. The first-order chi connectivity index (χ1) is 13.2. The maximum absolute atomic E-state index is 12.4. The Morgan fingerprint density at radius 3 is 2.64 bits per heavy atom. The molecule has 1 atom stereocenters. The smallest absolute Gasteiger partial charge is 0.465 e. The zero-order valence-electron chi connectivity index (χ0n) is 14.8. The van der Waals surface area contributed by atoms with Crippen molar-refractivity contribution >= 4 is 34.8 Å². The van der Waals surface area contributed by atoms with Gasteiger partial charge in [0.25, 0.3) is 0 Å². The first-order valence-corrected chi connectivity index (χ1v) is 8.88. The molecule has 1 aliphatic rings. The van der Waals surface area contributed by atoms with Gasteiger partial charge in [0.2, 0.25) is 0 Å².